The Morgan fingerprint density at radius 2 is 1.11 bits per heavy atom. The fourth-order valence-electron chi connectivity index (χ4n) is 9.14. The maximum Gasteiger partial charge on any atom is 0.223 e. The molecule has 11 nitrogen and oxygen atoms in total. The number of nitrogens with two attached hydrogens (primary N) is 1. The molecule has 63 heavy (non-hydrogen) atoms. The van der Waals surface area contributed by atoms with Crippen molar-refractivity contribution in [3.05, 3.63) is 120 Å². The molecule has 2 aromatic carbocycles. The van der Waals surface area contributed by atoms with Gasteiger partial charge < -0.3 is 20.2 Å². The fourth-order valence-corrected chi connectivity index (χ4v) is 9.58. The Kier molecular flexibility index (Phi) is 14.1. The van der Waals surface area contributed by atoms with E-state index in [-0.39, 0.29) is 17.7 Å². The average Bonchev–Trinajstić information content (AvgIpc) is 4.16. The van der Waals surface area contributed by atoms with E-state index in [9.17, 15) is 13.0 Å². The molecule has 3 N–H and O–H groups in total. The predicted octanol–water partition coefficient (Wildman–Crippen LogP) is 10.4. The summed E-state index contributed by atoms with van der Waals surface area (Å²) in [6, 6.07) is 17.3. The minimum Gasteiger partial charge on any atom is -0.354 e. The highest BCUT2D eigenvalue weighted by Gasteiger charge is 2.32. The number of imidazole rings is 2. The number of hydrogen-bond donors (Lipinski definition) is 2. The standard InChI is InChI=1S/C24H26FN5.C23H23FN4OS.C2H7N/c1-2-26-24-27-14-13-20(28-24)23-22(17-7-9-18(25)10-8-17)29-21-12-11-19(30(21)23)15-16-5-3-4-6-16;1-30(29)23-25-13-12-19(26-23)22-21(16-6-8-17(24)9-7-16)27-20-11-10-18(28(20)22)14-15-4-2-3-5-15;1-2-3/h7-10,13-15,19H,2-6,11-12H2,1H3,(H,26,27,28);6-9,12-14,18H,2-5,10-11H2,1H3;2-3H2,1H3/t19-;18-,30?;/m00./s1. The van der Waals surface area contributed by atoms with Crippen molar-refractivity contribution >= 4 is 16.7 Å². The van der Waals surface area contributed by atoms with Crippen LogP contribution in [-0.4, -0.2) is 62.6 Å². The molecule has 4 aliphatic rings. The number of nitrogens with zero attached hydrogens (tertiary/aromatic N) is 8. The topological polar surface area (TPSA) is 142 Å². The summed E-state index contributed by atoms with van der Waals surface area (Å²) in [6.45, 7) is 5.44. The van der Waals surface area contributed by atoms with Gasteiger partial charge in [-0.15, -0.1) is 0 Å². The lowest BCUT2D eigenvalue weighted by Crippen LogP contribution is -2.07. The van der Waals surface area contributed by atoms with E-state index in [1.54, 1.807) is 48.5 Å². The summed E-state index contributed by atoms with van der Waals surface area (Å²) in [4.78, 5) is 27.8. The predicted molar refractivity (Wildman–Crippen MR) is 246 cm³/mol. The lowest BCUT2D eigenvalue weighted by atomic mass is 10.1. The molecule has 0 spiro atoms. The zero-order chi connectivity index (χ0) is 43.9. The second-order valence-corrected chi connectivity index (χ2v) is 17.6. The molecule has 14 heteroatoms. The summed E-state index contributed by atoms with van der Waals surface area (Å²) in [6.07, 6.45) is 23.6. The van der Waals surface area contributed by atoms with Gasteiger partial charge in [-0.3, -0.25) is 4.21 Å². The molecule has 0 saturated heterocycles. The Bertz CT molecular complexity index is 2600. The minimum atomic E-state index is -1.28. The quantitative estimate of drug-likeness (QED) is 0.107. The van der Waals surface area contributed by atoms with Gasteiger partial charge in [-0.25, -0.2) is 38.7 Å². The van der Waals surface area contributed by atoms with Crippen molar-refractivity contribution in [2.45, 2.75) is 108 Å². The second kappa shape index (κ2) is 20.2. The van der Waals surface area contributed by atoms with Gasteiger partial charge in [-0.2, -0.15) is 0 Å². The van der Waals surface area contributed by atoms with Gasteiger partial charge in [-0.1, -0.05) is 30.2 Å². The molecule has 328 valence electrons. The second-order valence-electron chi connectivity index (χ2n) is 16.4. The van der Waals surface area contributed by atoms with Gasteiger partial charge >= 0.3 is 0 Å². The number of fused-ring (bicyclic) bond motifs is 2. The first-order valence-electron chi connectivity index (χ1n) is 22.3. The first-order chi connectivity index (χ1) is 30.7. The van der Waals surface area contributed by atoms with Crippen LogP contribution in [0.15, 0.2) is 102 Å². The summed E-state index contributed by atoms with van der Waals surface area (Å²) < 4.78 is 43.7. The van der Waals surface area contributed by atoms with Crippen molar-refractivity contribution in [2.75, 3.05) is 24.7 Å². The number of halogens is 2. The Hall–Kier alpha value is -5.73. The third kappa shape index (κ3) is 9.92. The van der Waals surface area contributed by atoms with E-state index in [1.807, 2.05) is 26.0 Å². The Balaban J connectivity index is 0.000000163. The van der Waals surface area contributed by atoms with Gasteiger partial charge in [-0.05, 0) is 138 Å². The van der Waals surface area contributed by atoms with Crippen molar-refractivity contribution in [1.29, 1.82) is 0 Å². The summed E-state index contributed by atoms with van der Waals surface area (Å²) in [7, 11) is -1.28. The van der Waals surface area contributed by atoms with Crippen molar-refractivity contribution < 1.29 is 13.0 Å². The molecule has 1 unspecified atom stereocenters. The van der Waals surface area contributed by atoms with E-state index >= 15 is 0 Å². The molecular weight excluding hydrogens is 815 g/mol. The van der Waals surface area contributed by atoms with Crippen LogP contribution in [0, 0.1) is 11.6 Å². The number of rotatable bonds is 9. The molecular formula is C49H56F2N10OS. The molecule has 0 amide bonds. The summed E-state index contributed by atoms with van der Waals surface area (Å²) in [5.41, 5.74) is 14.8. The number of hydrogen-bond acceptors (Lipinski definition) is 9. The minimum absolute atomic E-state index is 0.232. The molecule has 0 radical (unpaired) electrons. The van der Waals surface area contributed by atoms with Crippen LogP contribution in [0.4, 0.5) is 14.7 Å². The summed E-state index contributed by atoms with van der Waals surface area (Å²) >= 11 is 0. The van der Waals surface area contributed by atoms with Crippen molar-refractivity contribution in [3.8, 4) is 45.3 Å². The molecule has 3 atom stereocenters. The maximum absolute atomic E-state index is 13.6. The molecule has 2 aliphatic carbocycles. The van der Waals surface area contributed by atoms with Gasteiger partial charge in [0.25, 0.3) is 0 Å². The van der Waals surface area contributed by atoms with E-state index < -0.39 is 10.8 Å². The van der Waals surface area contributed by atoms with Crippen LogP contribution in [0.5, 0.6) is 0 Å². The molecule has 10 rings (SSSR count). The number of allylic oxidation sites excluding steroid dienone is 4. The van der Waals surface area contributed by atoms with E-state index in [1.165, 1.54) is 81.2 Å². The number of benzene rings is 2. The number of aryl methyl sites for hydroxylation is 2. The molecule has 4 aromatic heterocycles. The van der Waals surface area contributed by atoms with Crippen molar-refractivity contribution in [2.24, 2.45) is 5.73 Å². The van der Waals surface area contributed by atoms with Crippen molar-refractivity contribution in [1.82, 2.24) is 39.0 Å². The van der Waals surface area contributed by atoms with Crippen molar-refractivity contribution in [3.63, 3.8) is 0 Å². The van der Waals surface area contributed by atoms with E-state index in [4.69, 9.17) is 20.7 Å². The molecule has 2 aliphatic heterocycles. The lowest BCUT2D eigenvalue weighted by molar-refractivity contribution is 0.627. The van der Waals surface area contributed by atoms with Gasteiger partial charge in [0.05, 0.1) is 57.0 Å². The number of nitrogens with one attached hydrogen (secondary N) is 1. The Morgan fingerprint density at radius 1 is 0.667 bits per heavy atom. The summed E-state index contributed by atoms with van der Waals surface area (Å²) in [5.74, 6) is 2.18. The monoisotopic (exact) mass is 870 g/mol. The highest BCUT2D eigenvalue weighted by atomic mass is 32.2. The lowest BCUT2D eigenvalue weighted by Gasteiger charge is -2.16. The van der Waals surface area contributed by atoms with Crippen LogP contribution in [0.3, 0.4) is 0 Å². The van der Waals surface area contributed by atoms with Crippen LogP contribution in [-0.2, 0) is 23.6 Å². The largest absolute Gasteiger partial charge is 0.354 e. The van der Waals surface area contributed by atoms with Crippen LogP contribution >= 0.6 is 0 Å². The zero-order valence-corrected chi connectivity index (χ0v) is 37.2. The average molecular weight is 871 g/mol. The molecule has 0 bridgehead atoms. The third-order valence-electron chi connectivity index (χ3n) is 11.9. The maximum atomic E-state index is 13.6. The van der Waals surface area contributed by atoms with Crippen LogP contribution in [0.1, 0.15) is 102 Å². The van der Waals surface area contributed by atoms with Crippen LogP contribution < -0.4 is 11.1 Å². The van der Waals surface area contributed by atoms with Gasteiger partial charge in [0, 0.05) is 49.2 Å². The molecule has 6 aromatic rings. The number of aromatic nitrogens is 8. The molecule has 2 fully saturated rings. The SMILES string of the molecule is CCN.CCNc1nccc(-c2c(-c3ccc(F)cc3)nc3n2[C@H](C=C2CCCC2)CC3)n1.CS(=O)c1nccc(-c2c(-c3ccc(F)cc3)nc3n2[C@H](C=C2CCCC2)CC3)n1. The van der Waals surface area contributed by atoms with Gasteiger partial charge in [0.15, 0.2) is 0 Å². The smallest absolute Gasteiger partial charge is 0.223 e. The van der Waals surface area contributed by atoms with E-state index in [0.717, 1.165) is 90.0 Å². The summed E-state index contributed by atoms with van der Waals surface area (Å²) in [5, 5.41) is 3.50. The van der Waals surface area contributed by atoms with Crippen LogP contribution in [0.25, 0.3) is 45.3 Å². The fraction of sp³-hybridized carbons (Fsp3) is 0.388. The highest BCUT2D eigenvalue weighted by Crippen LogP contribution is 2.43. The Labute approximate surface area is 370 Å². The molecule has 2 saturated carbocycles. The zero-order valence-electron chi connectivity index (χ0n) is 36.4. The third-order valence-corrected chi connectivity index (χ3v) is 12.6. The van der Waals surface area contributed by atoms with Gasteiger partial charge in [0.2, 0.25) is 11.1 Å². The Morgan fingerprint density at radius 3 is 1.56 bits per heavy atom. The molecule has 6 heterocycles. The highest BCUT2D eigenvalue weighted by molar-refractivity contribution is 7.84. The van der Waals surface area contributed by atoms with Crippen LogP contribution in [0.2, 0.25) is 0 Å². The first kappa shape index (κ1) is 43.9. The normalized spacial score (nSPS) is 17.9. The van der Waals surface area contributed by atoms with Gasteiger partial charge in [0.1, 0.15) is 23.3 Å². The first-order valence-corrected chi connectivity index (χ1v) is 23.9. The van der Waals surface area contributed by atoms with E-state index in [0.29, 0.717) is 22.8 Å². The number of anilines is 1. The van der Waals surface area contributed by atoms with E-state index in [2.05, 4.69) is 41.6 Å².